The van der Waals surface area contributed by atoms with Crippen LogP contribution in [0.5, 0.6) is 0 Å². The lowest BCUT2D eigenvalue weighted by molar-refractivity contribution is -0.212. The number of hydrogen-bond acceptors (Lipinski definition) is 2. The number of para-hydroxylation sites is 1. The first-order valence-corrected chi connectivity index (χ1v) is 5.63. The van der Waals surface area contributed by atoms with Gasteiger partial charge >= 0.3 is 5.92 Å². The third-order valence-corrected chi connectivity index (χ3v) is 3.25. The number of aliphatic hydroxyl groups is 1. The van der Waals surface area contributed by atoms with Gasteiger partial charge < -0.3 is 10.4 Å². The molecular formula is C12H11F4NO2. The summed E-state index contributed by atoms with van der Waals surface area (Å²) in [5.41, 5.74) is -3.38. The van der Waals surface area contributed by atoms with Crippen LogP contribution < -0.4 is 5.32 Å². The van der Waals surface area contributed by atoms with E-state index in [4.69, 9.17) is 0 Å². The smallest absolute Gasteiger partial charge is 0.352 e. The molecule has 0 bridgehead atoms. The van der Waals surface area contributed by atoms with E-state index in [9.17, 15) is 27.5 Å². The highest BCUT2D eigenvalue weighted by atomic mass is 19.3. The maximum atomic E-state index is 13.7. The summed E-state index contributed by atoms with van der Waals surface area (Å²) in [7, 11) is 0. The molecule has 0 saturated heterocycles. The van der Waals surface area contributed by atoms with Gasteiger partial charge in [-0.05, 0) is 31.4 Å². The van der Waals surface area contributed by atoms with Crippen molar-refractivity contribution in [2.24, 2.45) is 0 Å². The van der Waals surface area contributed by atoms with Gasteiger partial charge in [0.1, 0.15) is 22.9 Å². The van der Waals surface area contributed by atoms with Crippen LogP contribution in [0, 0.1) is 11.6 Å². The van der Waals surface area contributed by atoms with E-state index in [0.29, 0.717) is 6.42 Å². The van der Waals surface area contributed by atoms with Crippen LogP contribution in [0.25, 0.3) is 0 Å². The van der Waals surface area contributed by atoms with Gasteiger partial charge in [0.2, 0.25) is 0 Å². The molecule has 3 nitrogen and oxygen atoms in total. The van der Waals surface area contributed by atoms with Gasteiger partial charge in [-0.2, -0.15) is 8.78 Å². The van der Waals surface area contributed by atoms with Crippen molar-refractivity contribution in [1.29, 1.82) is 0 Å². The second-order valence-electron chi connectivity index (χ2n) is 4.51. The first-order chi connectivity index (χ1) is 8.78. The van der Waals surface area contributed by atoms with Crippen molar-refractivity contribution in [2.75, 3.05) is 5.32 Å². The molecule has 104 valence electrons. The maximum absolute atomic E-state index is 13.7. The van der Waals surface area contributed by atoms with Crippen LogP contribution in [-0.2, 0) is 4.79 Å². The Morgan fingerprint density at radius 1 is 1.26 bits per heavy atom. The van der Waals surface area contributed by atoms with Crippen LogP contribution in [-0.4, -0.2) is 22.5 Å². The number of anilines is 1. The summed E-state index contributed by atoms with van der Waals surface area (Å²) in [6.07, 6.45) is -0.0895. The zero-order valence-corrected chi connectivity index (χ0v) is 9.72. The molecule has 1 aromatic rings. The second kappa shape index (κ2) is 4.48. The Labute approximate surface area is 106 Å². The van der Waals surface area contributed by atoms with E-state index in [1.807, 2.05) is 0 Å². The zero-order valence-electron chi connectivity index (χ0n) is 9.72. The molecule has 2 rings (SSSR count). The lowest BCUT2D eigenvalue weighted by atomic mass is 9.75. The van der Waals surface area contributed by atoms with Crippen molar-refractivity contribution in [1.82, 2.24) is 0 Å². The number of nitrogens with one attached hydrogen (secondary N) is 1. The van der Waals surface area contributed by atoms with E-state index < -0.39 is 34.8 Å². The molecule has 19 heavy (non-hydrogen) atoms. The van der Waals surface area contributed by atoms with Gasteiger partial charge in [0.05, 0.1) is 0 Å². The summed E-state index contributed by atoms with van der Waals surface area (Å²) in [6.45, 7) is 0. The predicted molar refractivity (Wildman–Crippen MR) is 58.7 cm³/mol. The van der Waals surface area contributed by atoms with Gasteiger partial charge in [-0.15, -0.1) is 0 Å². The quantitative estimate of drug-likeness (QED) is 0.834. The van der Waals surface area contributed by atoms with Crippen molar-refractivity contribution in [3.63, 3.8) is 0 Å². The Hall–Kier alpha value is -1.63. The molecule has 1 amide bonds. The molecule has 0 unspecified atom stereocenters. The summed E-state index contributed by atoms with van der Waals surface area (Å²) < 4.78 is 53.8. The van der Waals surface area contributed by atoms with Gasteiger partial charge in [-0.1, -0.05) is 6.07 Å². The number of carbonyl (C=O) groups excluding carboxylic acids is 1. The minimum atomic E-state index is -4.10. The number of benzene rings is 1. The molecule has 7 heteroatoms. The highest BCUT2D eigenvalue weighted by Crippen LogP contribution is 2.44. The highest BCUT2D eigenvalue weighted by Gasteiger charge is 2.61. The summed E-state index contributed by atoms with van der Waals surface area (Å²) in [6, 6.07) is 2.70. The minimum absolute atomic E-state index is 0.229. The summed E-state index contributed by atoms with van der Waals surface area (Å²) in [4.78, 5) is 11.4. The van der Waals surface area contributed by atoms with Gasteiger partial charge in [0.15, 0.2) is 0 Å². The first-order valence-electron chi connectivity index (χ1n) is 5.63. The SMILES string of the molecule is O=C(Nc1c(F)cccc1F)C(F)(F)C1(O)CCC1. The highest BCUT2D eigenvalue weighted by molar-refractivity contribution is 5.97. The van der Waals surface area contributed by atoms with E-state index in [-0.39, 0.29) is 12.8 Å². The monoisotopic (exact) mass is 277 g/mol. The normalized spacial score (nSPS) is 17.7. The molecule has 1 aliphatic rings. The van der Waals surface area contributed by atoms with Crippen molar-refractivity contribution in [2.45, 2.75) is 30.8 Å². The standard InChI is InChI=1S/C12H11F4NO2/c13-7-3-1-4-8(14)9(7)17-10(18)12(15,16)11(19)5-2-6-11/h1,3-4,19H,2,5-6H2,(H,17,18). The molecule has 0 spiro atoms. The molecule has 1 saturated carbocycles. The largest absolute Gasteiger partial charge is 0.383 e. The van der Waals surface area contributed by atoms with E-state index >= 15 is 0 Å². The Balaban J connectivity index is 2.22. The van der Waals surface area contributed by atoms with Crippen molar-refractivity contribution in [3.05, 3.63) is 29.8 Å². The van der Waals surface area contributed by atoms with E-state index in [0.717, 1.165) is 18.2 Å². The predicted octanol–water partition coefficient (Wildman–Crippen LogP) is 2.45. The fourth-order valence-corrected chi connectivity index (χ4v) is 1.85. The minimum Gasteiger partial charge on any atom is -0.383 e. The Kier molecular flexibility index (Phi) is 3.25. The summed E-state index contributed by atoms with van der Waals surface area (Å²) in [5.74, 6) is -8.34. The Morgan fingerprint density at radius 3 is 2.21 bits per heavy atom. The molecule has 1 aliphatic carbocycles. The van der Waals surface area contributed by atoms with Crippen molar-refractivity contribution >= 4 is 11.6 Å². The molecule has 1 aromatic carbocycles. The van der Waals surface area contributed by atoms with Gasteiger partial charge in [-0.25, -0.2) is 8.78 Å². The van der Waals surface area contributed by atoms with Gasteiger partial charge in [-0.3, -0.25) is 4.79 Å². The zero-order chi connectivity index (χ0) is 14.3. The van der Waals surface area contributed by atoms with Crippen LogP contribution in [0.2, 0.25) is 0 Å². The third-order valence-electron chi connectivity index (χ3n) is 3.25. The van der Waals surface area contributed by atoms with Gasteiger partial charge in [0, 0.05) is 0 Å². The topological polar surface area (TPSA) is 49.3 Å². The van der Waals surface area contributed by atoms with Crippen LogP contribution >= 0.6 is 0 Å². The van der Waals surface area contributed by atoms with Crippen molar-refractivity contribution < 1.29 is 27.5 Å². The molecular weight excluding hydrogens is 266 g/mol. The van der Waals surface area contributed by atoms with Crippen LogP contribution in [0.1, 0.15) is 19.3 Å². The second-order valence-corrected chi connectivity index (χ2v) is 4.51. The lowest BCUT2D eigenvalue weighted by Crippen LogP contribution is -2.59. The van der Waals surface area contributed by atoms with E-state index in [1.165, 1.54) is 5.32 Å². The number of rotatable bonds is 3. The number of hydrogen-bond donors (Lipinski definition) is 2. The van der Waals surface area contributed by atoms with Crippen molar-refractivity contribution in [3.8, 4) is 0 Å². The molecule has 0 aromatic heterocycles. The third kappa shape index (κ3) is 2.18. The van der Waals surface area contributed by atoms with Crippen LogP contribution in [0.15, 0.2) is 18.2 Å². The number of amides is 1. The molecule has 2 N–H and O–H groups in total. The fourth-order valence-electron chi connectivity index (χ4n) is 1.85. The number of halogens is 4. The number of carbonyl (C=O) groups is 1. The lowest BCUT2D eigenvalue weighted by Gasteiger charge is -2.41. The molecule has 0 aliphatic heterocycles. The maximum Gasteiger partial charge on any atom is 0.352 e. The molecule has 0 heterocycles. The fraction of sp³-hybridized carbons (Fsp3) is 0.417. The summed E-state index contributed by atoms with van der Waals surface area (Å²) in [5, 5.41) is 11.0. The summed E-state index contributed by atoms with van der Waals surface area (Å²) >= 11 is 0. The first kappa shape index (κ1) is 13.8. The van der Waals surface area contributed by atoms with E-state index in [2.05, 4.69) is 0 Å². The Bertz CT molecular complexity index is 494. The molecule has 0 radical (unpaired) electrons. The molecule has 0 atom stereocenters. The van der Waals surface area contributed by atoms with Crippen LogP contribution in [0.3, 0.4) is 0 Å². The van der Waals surface area contributed by atoms with Gasteiger partial charge in [0.25, 0.3) is 5.91 Å². The average Bonchev–Trinajstić information content (AvgIpc) is 2.30. The number of alkyl halides is 2. The molecule has 1 fully saturated rings. The Morgan fingerprint density at radius 2 is 1.79 bits per heavy atom. The van der Waals surface area contributed by atoms with Crippen LogP contribution in [0.4, 0.5) is 23.2 Å². The average molecular weight is 277 g/mol. The van der Waals surface area contributed by atoms with E-state index in [1.54, 1.807) is 0 Å².